The third-order valence-electron chi connectivity index (χ3n) is 3.82. The van der Waals surface area contributed by atoms with E-state index in [2.05, 4.69) is 4.98 Å². The smallest absolute Gasteiger partial charge is 0.343 e. The number of aromatic nitrogens is 1. The lowest BCUT2D eigenvalue weighted by molar-refractivity contribution is 0.321. The summed E-state index contributed by atoms with van der Waals surface area (Å²) in [7, 11) is -4.16. The monoisotopic (exact) mass is 387 g/mol. The molecule has 1 heterocycles. The van der Waals surface area contributed by atoms with Crippen molar-refractivity contribution in [3.8, 4) is 17.2 Å². The van der Waals surface area contributed by atoms with Crippen molar-refractivity contribution in [2.75, 3.05) is 13.2 Å². The molecule has 0 fully saturated rings. The minimum atomic E-state index is -4.16. The number of fused-ring (bicyclic) bond motifs is 1. The quantitative estimate of drug-likeness (QED) is 0.568. The van der Waals surface area contributed by atoms with Crippen molar-refractivity contribution in [3.05, 3.63) is 54.2 Å². The first-order valence-electron chi connectivity index (χ1n) is 8.65. The summed E-state index contributed by atoms with van der Waals surface area (Å²) < 4.78 is 42.3. The number of aryl methyl sites for hydroxylation is 1. The number of para-hydroxylation sites is 1. The average molecular weight is 387 g/mol. The number of nitrogens with zero attached hydrogens (tertiary/aromatic N) is 1. The maximum absolute atomic E-state index is 13.0. The van der Waals surface area contributed by atoms with Crippen LogP contribution in [0.4, 0.5) is 0 Å². The molecule has 6 nitrogen and oxygen atoms in total. The Hall–Kier alpha value is -2.80. The van der Waals surface area contributed by atoms with Crippen molar-refractivity contribution in [1.82, 2.24) is 4.98 Å². The van der Waals surface area contributed by atoms with Crippen LogP contribution >= 0.6 is 0 Å². The maximum atomic E-state index is 13.0. The van der Waals surface area contributed by atoms with Gasteiger partial charge in [-0.25, -0.2) is 4.98 Å². The van der Waals surface area contributed by atoms with Crippen molar-refractivity contribution in [1.29, 1.82) is 0 Å². The Morgan fingerprint density at radius 1 is 0.926 bits per heavy atom. The third kappa shape index (κ3) is 4.14. The van der Waals surface area contributed by atoms with E-state index >= 15 is 0 Å². The van der Waals surface area contributed by atoms with Crippen molar-refractivity contribution in [3.63, 3.8) is 0 Å². The topological polar surface area (TPSA) is 74.7 Å². The Bertz CT molecular complexity index is 1060. The Balaban J connectivity index is 2.07. The third-order valence-corrected chi connectivity index (χ3v) is 5.07. The lowest BCUT2D eigenvalue weighted by Crippen LogP contribution is -2.12. The SMILES string of the molecule is CCOc1ccc(OCC)c(S(=O)(=O)Oc2cccc3ccc(C)nc23)c1. The lowest BCUT2D eigenvalue weighted by atomic mass is 10.2. The van der Waals surface area contributed by atoms with Crippen LogP contribution in [0.1, 0.15) is 19.5 Å². The summed E-state index contributed by atoms with van der Waals surface area (Å²) in [4.78, 5) is 4.33. The minimum absolute atomic E-state index is 0.0834. The van der Waals surface area contributed by atoms with E-state index in [9.17, 15) is 8.42 Å². The van der Waals surface area contributed by atoms with Gasteiger partial charge in [0.05, 0.1) is 13.2 Å². The van der Waals surface area contributed by atoms with Gasteiger partial charge in [0.2, 0.25) is 0 Å². The molecule has 0 amide bonds. The van der Waals surface area contributed by atoms with Gasteiger partial charge in [0.15, 0.2) is 10.6 Å². The minimum Gasteiger partial charge on any atom is -0.494 e. The molecule has 27 heavy (non-hydrogen) atoms. The number of benzene rings is 2. The number of pyridine rings is 1. The Morgan fingerprint density at radius 3 is 2.44 bits per heavy atom. The molecule has 0 atom stereocenters. The van der Waals surface area contributed by atoms with Crippen molar-refractivity contribution in [2.24, 2.45) is 0 Å². The molecule has 3 aromatic rings. The standard InChI is InChI=1S/C20H21NO5S/c1-4-24-16-11-12-17(25-5-2)19(13-16)27(22,23)26-18-8-6-7-15-10-9-14(3)21-20(15)18/h6-13H,4-5H2,1-3H3. The van der Waals surface area contributed by atoms with Gasteiger partial charge in [-0.2, -0.15) is 8.42 Å². The van der Waals surface area contributed by atoms with Crippen LogP contribution in [0.5, 0.6) is 17.2 Å². The fourth-order valence-corrected chi connectivity index (χ4v) is 3.76. The molecule has 0 radical (unpaired) electrons. The summed E-state index contributed by atoms with van der Waals surface area (Å²) in [6, 6.07) is 13.5. The summed E-state index contributed by atoms with van der Waals surface area (Å²) in [6.07, 6.45) is 0. The van der Waals surface area contributed by atoms with Gasteiger partial charge in [0.25, 0.3) is 0 Å². The van der Waals surface area contributed by atoms with Crippen LogP contribution in [-0.4, -0.2) is 26.6 Å². The van der Waals surface area contributed by atoms with E-state index in [1.165, 1.54) is 6.07 Å². The van der Waals surface area contributed by atoms with Gasteiger partial charge in [-0.1, -0.05) is 18.2 Å². The van der Waals surface area contributed by atoms with Gasteiger partial charge in [0.1, 0.15) is 17.0 Å². The van der Waals surface area contributed by atoms with Gasteiger partial charge >= 0.3 is 10.1 Å². The van der Waals surface area contributed by atoms with Crippen molar-refractivity contribution in [2.45, 2.75) is 25.7 Å². The highest BCUT2D eigenvalue weighted by Gasteiger charge is 2.24. The molecule has 2 aromatic carbocycles. The molecular weight excluding hydrogens is 366 g/mol. The predicted octanol–water partition coefficient (Wildman–Crippen LogP) is 4.11. The zero-order chi connectivity index (χ0) is 19.4. The number of hydrogen-bond donors (Lipinski definition) is 0. The Labute approximate surface area is 158 Å². The van der Waals surface area contributed by atoms with Gasteiger partial charge in [-0.3, -0.25) is 0 Å². The zero-order valence-electron chi connectivity index (χ0n) is 15.4. The molecule has 0 N–H and O–H groups in total. The van der Waals surface area contributed by atoms with E-state index in [4.69, 9.17) is 13.7 Å². The number of hydrogen-bond acceptors (Lipinski definition) is 6. The molecule has 0 unspecified atom stereocenters. The van der Waals surface area contributed by atoms with Crippen LogP contribution in [0.25, 0.3) is 10.9 Å². The highest BCUT2D eigenvalue weighted by atomic mass is 32.2. The van der Waals surface area contributed by atoms with E-state index in [0.29, 0.717) is 24.5 Å². The number of rotatable bonds is 7. The zero-order valence-corrected chi connectivity index (χ0v) is 16.2. The summed E-state index contributed by atoms with van der Waals surface area (Å²) in [5.74, 6) is 0.806. The first kappa shape index (κ1) is 19.0. The fourth-order valence-electron chi connectivity index (χ4n) is 2.66. The van der Waals surface area contributed by atoms with Crippen LogP contribution in [0.2, 0.25) is 0 Å². The predicted molar refractivity (Wildman–Crippen MR) is 103 cm³/mol. The van der Waals surface area contributed by atoms with Crippen LogP contribution in [0.3, 0.4) is 0 Å². The molecule has 1 aromatic heterocycles. The second kappa shape index (κ2) is 7.84. The number of ether oxygens (including phenoxy) is 2. The van der Waals surface area contributed by atoms with Crippen LogP contribution in [-0.2, 0) is 10.1 Å². The molecule has 0 aliphatic carbocycles. The summed E-state index contributed by atoms with van der Waals surface area (Å²) >= 11 is 0. The normalized spacial score (nSPS) is 11.4. The Morgan fingerprint density at radius 2 is 1.70 bits per heavy atom. The molecular formula is C20H21NO5S. The van der Waals surface area contributed by atoms with Gasteiger partial charge in [0, 0.05) is 17.1 Å². The largest absolute Gasteiger partial charge is 0.494 e. The summed E-state index contributed by atoms with van der Waals surface area (Å²) in [6.45, 7) is 6.19. The molecule has 0 saturated carbocycles. The molecule has 0 saturated heterocycles. The highest BCUT2D eigenvalue weighted by Crippen LogP contribution is 2.33. The molecule has 0 aliphatic rings. The summed E-state index contributed by atoms with van der Waals surface area (Å²) in [5, 5.41) is 0.793. The van der Waals surface area contributed by atoms with Gasteiger partial charge < -0.3 is 13.7 Å². The maximum Gasteiger partial charge on any atom is 0.343 e. The second-order valence-corrected chi connectivity index (χ2v) is 7.31. The Kier molecular flexibility index (Phi) is 5.51. The van der Waals surface area contributed by atoms with Gasteiger partial charge in [-0.05, 0) is 45.0 Å². The van der Waals surface area contributed by atoms with E-state index in [-0.39, 0.29) is 16.4 Å². The van der Waals surface area contributed by atoms with E-state index in [0.717, 1.165) is 11.1 Å². The molecule has 7 heteroatoms. The second-order valence-electron chi connectivity index (χ2n) is 5.79. The average Bonchev–Trinajstić information content (AvgIpc) is 2.63. The molecule has 3 rings (SSSR count). The molecule has 0 spiro atoms. The molecule has 0 bridgehead atoms. The van der Waals surface area contributed by atoms with Crippen molar-refractivity contribution < 1.29 is 22.1 Å². The first-order valence-corrected chi connectivity index (χ1v) is 10.1. The molecule has 142 valence electrons. The lowest BCUT2D eigenvalue weighted by Gasteiger charge is -2.14. The van der Waals surface area contributed by atoms with Gasteiger partial charge in [-0.15, -0.1) is 0 Å². The molecule has 0 aliphatic heterocycles. The van der Waals surface area contributed by atoms with Crippen LogP contribution < -0.4 is 13.7 Å². The van der Waals surface area contributed by atoms with Crippen molar-refractivity contribution >= 4 is 21.0 Å². The summed E-state index contributed by atoms with van der Waals surface area (Å²) in [5.41, 5.74) is 1.25. The van der Waals surface area contributed by atoms with Crippen LogP contribution in [0.15, 0.2) is 53.4 Å². The van der Waals surface area contributed by atoms with Crippen LogP contribution in [0, 0.1) is 6.92 Å². The van der Waals surface area contributed by atoms with E-state index in [1.807, 2.05) is 32.0 Å². The first-order chi connectivity index (χ1) is 12.9. The van der Waals surface area contributed by atoms with E-state index in [1.54, 1.807) is 31.2 Å². The van der Waals surface area contributed by atoms with E-state index < -0.39 is 10.1 Å². The fraction of sp³-hybridized carbons (Fsp3) is 0.250. The highest BCUT2D eigenvalue weighted by molar-refractivity contribution is 7.87.